The maximum absolute atomic E-state index is 10.9. The second kappa shape index (κ2) is 5.16. The predicted octanol–water partition coefficient (Wildman–Crippen LogP) is 2.59. The van der Waals surface area contributed by atoms with E-state index in [0.29, 0.717) is 5.56 Å². The van der Waals surface area contributed by atoms with Gasteiger partial charge in [-0.2, -0.15) is 0 Å². The van der Waals surface area contributed by atoms with Gasteiger partial charge in [-0.25, -0.2) is 6.57 Å². The highest BCUT2D eigenvalue weighted by Gasteiger charge is 2.24. The highest BCUT2D eigenvalue weighted by atomic mass is 16.6. The molecule has 0 aromatic heterocycles. The van der Waals surface area contributed by atoms with Crippen molar-refractivity contribution in [2.24, 2.45) is 0 Å². The molecule has 6 nitrogen and oxygen atoms in total. The monoisotopic (exact) mass is 236 g/mol. The van der Waals surface area contributed by atoms with Crippen LogP contribution in [0.1, 0.15) is 18.5 Å². The van der Waals surface area contributed by atoms with Crippen molar-refractivity contribution >= 4 is 5.69 Å². The van der Waals surface area contributed by atoms with Gasteiger partial charge in [-0.1, -0.05) is 0 Å². The normalized spacial score (nSPS) is 11.4. The van der Waals surface area contributed by atoms with Gasteiger partial charge in [-0.05, 0) is 6.07 Å². The first-order valence-corrected chi connectivity index (χ1v) is 4.82. The van der Waals surface area contributed by atoms with E-state index in [9.17, 15) is 10.1 Å². The fraction of sp³-hybridized carbons (Fsp3) is 0.364. The van der Waals surface area contributed by atoms with Gasteiger partial charge in [0.15, 0.2) is 5.75 Å². The molecule has 0 fully saturated rings. The minimum Gasteiger partial charge on any atom is -0.493 e. The summed E-state index contributed by atoms with van der Waals surface area (Å²) in [6.07, 6.45) is 0. The number of benzene rings is 1. The number of nitro groups is 1. The third-order valence-electron chi connectivity index (χ3n) is 2.35. The van der Waals surface area contributed by atoms with Gasteiger partial charge in [-0.15, -0.1) is 0 Å². The predicted molar refractivity (Wildman–Crippen MR) is 61.2 cm³/mol. The smallest absolute Gasteiger partial charge is 0.315 e. The number of hydrogen-bond acceptors (Lipinski definition) is 4. The summed E-state index contributed by atoms with van der Waals surface area (Å²) in [5, 5.41) is 10.9. The Kier molecular flexibility index (Phi) is 3.88. The van der Waals surface area contributed by atoms with E-state index in [0.717, 1.165) is 0 Å². The minimum atomic E-state index is -0.554. The average Bonchev–Trinajstić information content (AvgIpc) is 2.35. The molecule has 1 rings (SSSR count). The van der Waals surface area contributed by atoms with Crippen LogP contribution in [-0.2, 0) is 0 Å². The van der Waals surface area contributed by atoms with Crippen molar-refractivity contribution < 1.29 is 14.4 Å². The standard InChI is InChI=1S/C11H12N2O4/c1-7(12-2)8-5-9(13(14)15)11(17-4)10(6-8)16-3/h5-7H,1,3-4H3. The molecule has 0 aliphatic rings. The zero-order valence-corrected chi connectivity index (χ0v) is 9.76. The number of hydrogen-bond donors (Lipinski definition) is 0. The first-order chi connectivity index (χ1) is 8.04. The lowest BCUT2D eigenvalue weighted by Crippen LogP contribution is -1.99. The van der Waals surface area contributed by atoms with Gasteiger partial charge in [0, 0.05) is 18.6 Å². The van der Waals surface area contributed by atoms with Crippen LogP contribution in [0.5, 0.6) is 11.5 Å². The lowest BCUT2D eigenvalue weighted by atomic mass is 10.1. The van der Waals surface area contributed by atoms with Gasteiger partial charge in [-0.3, -0.25) is 10.1 Å². The molecule has 1 aromatic carbocycles. The van der Waals surface area contributed by atoms with E-state index in [4.69, 9.17) is 16.0 Å². The van der Waals surface area contributed by atoms with Crippen LogP contribution >= 0.6 is 0 Å². The molecule has 1 aromatic rings. The SMILES string of the molecule is [C-]#[N+]C(C)c1cc(OC)c(OC)c([N+](=O)[O-])c1. The molecule has 1 atom stereocenters. The second-order valence-corrected chi connectivity index (χ2v) is 3.34. The van der Waals surface area contributed by atoms with E-state index in [1.807, 2.05) is 0 Å². The van der Waals surface area contributed by atoms with E-state index < -0.39 is 11.0 Å². The van der Waals surface area contributed by atoms with E-state index in [1.165, 1.54) is 20.3 Å². The summed E-state index contributed by atoms with van der Waals surface area (Å²) in [6, 6.07) is 2.45. The quantitative estimate of drug-likeness (QED) is 0.458. The summed E-state index contributed by atoms with van der Waals surface area (Å²) in [4.78, 5) is 13.7. The zero-order chi connectivity index (χ0) is 13.0. The summed E-state index contributed by atoms with van der Waals surface area (Å²) in [5.74, 6) is 0.325. The Hall–Kier alpha value is -2.29. The highest BCUT2D eigenvalue weighted by molar-refractivity contribution is 5.58. The Balaban J connectivity index is 3.46. The largest absolute Gasteiger partial charge is 0.493 e. The van der Waals surface area contributed by atoms with Crippen LogP contribution in [0.3, 0.4) is 0 Å². The molecular formula is C11H12N2O4. The van der Waals surface area contributed by atoms with Crippen LogP contribution < -0.4 is 9.47 Å². The fourth-order valence-electron chi connectivity index (χ4n) is 1.42. The number of ether oxygens (including phenoxy) is 2. The molecule has 90 valence electrons. The van der Waals surface area contributed by atoms with Crippen molar-refractivity contribution in [1.82, 2.24) is 0 Å². The van der Waals surface area contributed by atoms with Crippen molar-refractivity contribution in [3.8, 4) is 11.5 Å². The maximum atomic E-state index is 10.9. The Labute approximate surface area is 98.7 Å². The molecule has 0 saturated heterocycles. The van der Waals surface area contributed by atoms with E-state index in [2.05, 4.69) is 4.85 Å². The average molecular weight is 236 g/mol. The molecule has 0 amide bonds. The van der Waals surface area contributed by atoms with Crippen molar-refractivity contribution in [1.29, 1.82) is 0 Å². The van der Waals surface area contributed by atoms with Crippen LogP contribution in [0.4, 0.5) is 5.69 Å². The molecule has 0 aliphatic carbocycles. The van der Waals surface area contributed by atoms with Gasteiger partial charge >= 0.3 is 5.69 Å². The summed E-state index contributed by atoms with van der Waals surface area (Å²) >= 11 is 0. The Morgan fingerprint density at radius 2 is 2.06 bits per heavy atom. The Morgan fingerprint density at radius 1 is 1.41 bits per heavy atom. The van der Waals surface area contributed by atoms with Crippen LogP contribution in [0.25, 0.3) is 4.85 Å². The molecule has 17 heavy (non-hydrogen) atoms. The second-order valence-electron chi connectivity index (χ2n) is 3.34. The van der Waals surface area contributed by atoms with Crippen molar-refractivity contribution in [2.45, 2.75) is 13.0 Å². The molecule has 0 spiro atoms. The lowest BCUT2D eigenvalue weighted by Gasteiger charge is -2.09. The minimum absolute atomic E-state index is 0.0680. The van der Waals surface area contributed by atoms with Crippen LogP contribution in [0, 0.1) is 16.7 Å². The Bertz CT molecular complexity index is 479. The number of nitrogens with zero attached hydrogens (tertiary/aromatic N) is 2. The molecule has 0 aliphatic heterocycles. The molecule has 1 unspecified atom stereocenters. The van der Waals surface area contributed by atoms with E-state index in [-0.39, 0.29) is 17.2 Å². The highest BCUT2D eigenvalue weighted by Crippen LogP contribution is 2.39. The van der Waals surface area contributed by atoms with Gasteiger partial charge < -0.3 is 14.3 Å². The van der Waals surface area contributed by atoms with Gasteiger partial charge in [0.25, 0.3) is 0 Å². The third kappa shape index (κ3) is 2.45. The van der Waals surface area contributed by atoms with Gasteiger partial charge in [0.2, 0.25) is 11.8 Å². The number of rotatable bonds is 4. The van der Waals surface area contributed by atoms with E-state index >= 15 is 0 Å². The lowest BCUT2D eigenvalue weighted by molar-refractivity contribution is -0.385. The first-order valence-electron chi connectivity index (χ1n) is 4.82. The third-order valence-corrected chi connectivity index (χ3v) is 2.35. The topological polar surface area (TPSA) is 66.0 Å². The number of nitro benzene ring substituents is 1. The molecule has 0 saturated carbocycles. The number of methoxy groups -OCH3 is 2. The van der Waals surface area contributed by atoms with Gasteiger partial charge in [0.05, 0.1) is 19.1 Å². The maximum Gasteiger partial charge on any atom is 0.315 e. The Morgan fingerprint density at radius 3 is 2.47 bits per heavy atom. The molecule has 0 heterocycles. The van der Waals surface area contributed by atoms with Crippen molar-refractivity contribution in [3.63, 3.8) is 0 Å². The molecule has 6 heteroatoms. The van der Waals surface area contributed by atoms with Crippen molar-refractivity contribution in [3.05, 3.63) is 39.2 Å². The van der Waals surface area contributed by atoms with Crippen LogP contribution in [-0.4, -0.2) is 19.1 Å². The molecule has 0 bridgehead atoms. The van der Waals surface area contributed by atoms with Crippen molar-refractivity contribution in [2.75, 3.05) is 14.2 Å². The fourth-order valence-corrected chi connectivity index (χ4v) is 1.42. The van der Waals surface area contributed by atoms with Crippen LogP contribution in [0.2, 0.25) is 0 Å². The van der Waals surface area contributed by atoms with Crippen LogP contribution in [0.15, 0.2) is 12.1 Å². The van der Waals surface area contributed by atoms with E-state index in [1.54, 1.807) is 13.0 Å². The molecule has 0 N–H and O–H groups in total. The summed E-state index contributed by atoms with van der Waals surface area (Å²) in [7, 11) is 2.73. The molecule has 0 radical (unpaired) electrons. The van der Waals surface area contributed by atoms with Gasteiger partial charge in [0.1, 0.15) is 0 Å². The first kappa shape index (κ1) is 12.8. The summed E-state index contributed by atoms with van der Waals surface area (Å²) < 4.78 is 9.98. The summed E-state index contributed by atoms with van der Waals surface area (Å²) in [6.45, 7) is 8.60. The zero-order valence-electron chi connectivity index (χ0n) is 9.76. The summed E-state index contributed by atoms with van der Waals surface area (Å²) in [5.41, 5.74) is 0.335. The molecular weight excluding hydrogens is 224 g/mol.